The monoisotopic (exact) mass is 396 g/mol. The number of hydrogen-bond acceptors (Lipinski definition) is 4. The minimum Gasteiger partial charge on any atom is -0.328 e. The molecule has 0 saturated carbocycles. The number of rotatable bonds is 6. The van der Waals surface area contributed by atoms with Crippen LogP contribution in [0.3, 0.4) is 0 Å². The summed E-state index contributed by atoms with van der Waals surface area (Å²) >= 11 is 7.52. The van der Waals surface area contributed by atoms with Gasteiger partial charge in [-0.2, -0.15) is 11.8 Å². The number of hydrogen-bond donors (Lipinski definition) is 0. The molecule has 9 heteroatoms. The Morgan fingerprint density at radius 2 is 2.04 bits per heavy atom. The summed E-state index contributed by atoms with van der Waals surface area (Å²) in [7, 11) is 3.32. The molecule has 0 N–H and O–H groups in total. The summed E-state index contributed by atoms with van der Waals surface area (Å²) in [6.07, 6.45) is 2.12. The zero-order valence-corrected chi connectivity index (χ0v) is 16.0. The SMILES string of the molecule is Cn1cnc2c1c(=O)n(CCCSCc1c(F)cccc1Cl)c(=O)n2C. The second-order valence-electron chi connectivity index (χ2n) is 5.93. The van der Waals surface area contributed by atoms with Crippen LogP contribution in [-0.2, 0) is 26.4 Å². The fraction of sp³-hybridized carbons (Fsp3) is 0.353. The Hall–Kier alpha value is -2.06. The van der Waals surface area contributed by atoms with Crippen LogP contribution in [0.15, 0.2) is 34.1 Å². The first-order valence-electron chi connectivity index (χ1n) is 8.03. The van der Waals surface area contributed by atoms with Crippen LogP contribution in [0.1, 0.15) is 12.0 Å². The van der Waals surface area contributed by atoms with Gasteiger partial charge in [0.2, 0.25) is 0 Å². The lowest BCUT2D eigenvalue weighted by molar-refractivity contribution is 0.594. The first-order chi connectivity index (χ1) is 12.4. The lowest BCUT2D eigenvalue weighted by Crippen LogP contribution is -2.39. The van der Waals surface area contributed by atoms with Crippen LogP contribution in [-0.4, -0.2) is 24.4 Å². The third-order valence-corrected chi connectivity index (χ3v) is 5.60. The Kier molecular flexibility index (Phi) is 5.52. The van der Waals surface area contributed by atoms with Gasteiger partial charge in [-0.3, -0.25) is 13.9 Å². The number of aromatic nitrogens is 4. The highest BCUT2D eigenvalue weighted by Gasteiger charge is 2.14. The minimum atomic E-state index is -0.386. The van der Waals surface area contributed by atoms with Crippen LogP contribution in [0.4, 0.5) is 4.39 Å². The van der Waals surface area contributed by atoms with Crippen LogP contribution in [0, 0.1) is 5.82 Å². The van der Waals surface area contributed by atoms with Gasteiger partial charge in [-0.15, -0.1) is 0 Å². The highest BCUT2D eigenvalue weighted by atomic mass is 35.5. The maximum Gasteiger partial charge on any atom is 0.332 e. The molecule has 0 fully saturated rings. The zero-order chi connectivity index (χ0) is 18.8. The van der Waals surface area contributed by atoms with Gasteiger partial charge in [0, 0.05) is 37.0 Å². The highest BCUT2D eigenvalue weighted by Crippen LogP contribution is 2.24. The molecule has 138 valence electrons. The summed E-state index contributed by atoms with van der Waals surface area (Å²) in [6.45, 7) is 0.296. The van der Waals surface area contributed by atoms with Gasteiger partial charge >= 0.3 is 5.69 Å². The summed E-state index contributed by atoms with van der Waals surface area (Å²) in [4.78, 5) is 29.1. The van der Waals surface area contributed by atoms with Gasteiger partial charge in [0.15, 0.2) is 11.2 Å². The normalized spacial score (nSPS) is 11.4. The fourth-order valence-electron chi connectivity index (χ4n) is 2.76. The van der Waals surface area contributed by atoms with Gasteiger partial charge < -0.3 is 4.57 Å². The molecule has 3 rings (SSSR count). The molecule has 0 unspecified atom stereocenters. The second-order valence-corrected chi connectivity index (χ2v) is 7.44. The average molecular weight is 397 g/mol. The average Bonchev–Trinajstić information content (AvgIpc) is 2.99. The van der Waals surface area contributed by atoms with Crippen molar-refractivity contribution in [2.24, 2.45) is 14.1 Å². The molecule has 26 heavy (non-hydrogen) atoms. The second kappa shape index (κ2) is 7.67. The molecule has 0 atom stereocenters. The smallest absolute Gasteiger partial charge is 0.328 e. The molecule has 2 aromatic heterocycles. The fourth-order valence-corrected chi connectivity index (χ4v) is 4.05. The number of thioether (sulfide) groups is 1. The number of fused-ring (bicyclic) bond motifs is 1. The Morgan fingerprint density at radius 1 is 1.27 bits per heavy atom. The van der Waals surface area contributed by atoms with E-state index < -0.39 is 0 Å². The topological polar surface area (TPSA) is 61.8 Å². The van der Waals surface area contributed by atoms with Crippen molar-refractivity contribution < 1.29 is 4.39 Å². The number of benzene rings is 1. The lowest BCUT2D eigenvalue weighted by Gasteiger charge is -2.09. The van der Waals surface area contributed by atoms with Crippen LogP contribution >= 0.6 is 23.4 Å². The van der Waals surface area contributed by atoms with Crippen molar-refractivity contribution in [1.82, 2.24) is 18.7 Å². The van der Waals surface area contributed by atoms with E-state index in [4.69, 9.17) is 11.6 Å². The Bertz CT molecular complexity index is 1050. The molecule has 0 spiro atoms. The molecule has 0 saturated heterocycles. The third-order valence-electron chi connectivity index (χ3n) is 4.18. The van der Waals surface area contributed by atoms with Gasteiger partial charge in [-0.05, 0) is 24.3 Å². The molecule has 0 aliphatic carbocycles. The van der Waals surface area contributed by atoms with Crippen molar-refractivity contribution in [1.29, 1.82) is 0 Å². The standard InChI is InChI=1S/C17H18ClFN4O2S/c1-21-10-20-15-14(21)16(24)23(17(25)22(15)2)7-4-8-26-9-11-12(18)5-3-6-13(11)19/h3,5-6,10H,4,7-9H2,1-2H3. The molecule has 0 aliphatic rings. The molecule has 3 aromatic rings. The summed E-state index contributed by atoms with van der Waals surface area (Å²) < 4.78 is 17.9. The van der Waals surface area contributed by atoms with Crippen LogP contribution in [0.25, 0.3) is 11.2 Å². The van der Waals surface area contributed by atoms with E-state index in [1.54, 1.807) is 30.8 Å². The van der Waals surface area contributed by atoms with E-state index in [1.807, 2.05) is 0 Å². The van der Waals surface area contributed by atoms with Gasteiger partial charge in [-0.1, -0.05) is 17.7 Å². The summed E-state index contributed by atoms with van der Waals surface area (Å²) in [5, 5.41) is 0.407. The number of nitrogens with zero attached hydrogens (tertiary/aromatic N) is 4. The Morgan fingerprint density at radius 3 is 2.77 bits per heavy atom. The largest absolute Gasteiger partial charge is 0.332 e. The first kappa shape index (κ1) is 18.7. The van der Waals surface area contributed by atoms with Crippen LogP contribution < -0.4 is 11.2 Å². The molecule has 0 bridgehead atoms. The van der Waals surface area contributed by atoms with Crippen molar-refractivity contribution in [3.05, 3.63) is 61.8 Å². The molecule has 2 heterocycles. The molecule has 0 aliphatic heterocycles. The minimum absolute atomic E-state index is 0.296. The van der Waals surface area contributed by atoms with Crippen molar-refractivity contribution in [2.45, 2.75) is 18.7 Å². The van der Waals surface area contributed by atoms with Crippen LogP contribution in [0.2, 0.25) is 5.02 Å². The predicted octanol–water partition coefficient (Wildman–Crippen LogP) is 2.55. The lowest BCUT2D eigenvalue weighted by atomic mass is 10.2. The van der Waals surface area contributed by atoms with Crippen LogP contribution in [0.5, 0.6) is 0 Å². The van der Waals surface area contributed by atoms with Crippen molar-refractivity contribution in [3.63, 3.8) is 0 Å². The first-order valence-corrected chi connectivity index (χ1v) is 9.56. The maximum absolute atomic E-state index is 13.7. The van der Waals surface area contributed by atoms with E-state index >= 15 is 0 Å². The van der Waals surface area contributed by atoms with E-state index in [0.29, 0.717) is 46.2 Å². The van der Waals surface area contributed by atoms with Gasteiger partial charge in [0.05, 0.1) is 6.33 Å². The number of aryl methyl sites for hydroxylation is 2. The highest BCUT2D eigenvalue weighted by molar-refractivity contribution is 7.98. The Balaban J connectivity index is 1.68. The van der Waals surface area contributed by atoms with E-state index in [9.17, 15) is 14.0 Å². The summed E-state index contributed by atoms with van der Waals surface area (Å²) in [5.74, 6) is 0.791. The summed E-state index contributed by atoms with van der Waals surface area (Å²) in [5.41, 5.74) is 0.525. The van der Waals surface area contributed by atoms with E-state index in [1.165, 1.54) is 33.3 Å². The van der Waals surface area contributed by atoms with E-state index in [0.717, 1.165) is 0 Å². The molecule has 0 amide bonds. The molecular formula is C17H18ClFN4O2S. The zero-order valence-electron chi connectivity index (χ0n) is 14.4. The Labute approximate surface area is 158 Å². The number of halogens is 2. The maximum atomic E-state index is 13.7. The third kappa shape index (κ3) is 3.43. The predicted molar refractivity (Wildman–Crippen MR) is 102 cm³/mol. The van der Waals surface area contributed by atoms with Gasteiger partial charge in [0.1, 0.15) is 5.82 Å². The van der Waals surface area contributed by atoms with E-state index in [-0.39, 0.29) is 17.1 Å². The van der Waals surface area contributed by atoms with E-state index in [2.05, 4.69) is 4.98 Å². The van der Waals surface area contributed by atoms with Gasteiger partial charge in [-0.25, -0.2) is 14.2 Å². The summed E-state index contributed by atoms with van der Waals surface area (Å²) in [6, 6.07) is 4.61. The van der Waals surface area contributed by atoms with Crippen molar-refractivity contribution >= 4 is 34.5 Å². The van der Waals surface area contributed by atoms with Crippen molar-refractivity contribution in [3.8, 4) is 0 Å². The van der Waals surface area contributed by atoms with Crippen molar-refractivity contribution in [2.75, 3.05) is 5.75 Å². The molecule has 6 nitrogen and oxygen atoms in total. The molecule has 0 radical (unpaired) electrons. The molecule has 1 aromatic carbocycles. The molecular weight excluding hydrogens is 379 g/mol. The quantitative estimate of drug-likeness (QED) is 0.601. The van der Waals surface area contributed by atoms with Gasteiger partial charge in [0.25, 0.3) is 5.56 Å². The number of imidazole rings is 1.